The smallest absolute Gasteiger partial charge is 0.158 e. The Bertz CT molecular complexity index is 422. The van der Waals surface area contributed by atoms with Crippen molar-refractivity contribution in [1.82, 2.24) is 0 Å². The predicted octanol–water partition coefficient (Wildman–Crippen LogP) is 8.55. The summed E-state index contributed by atoms with van der Waals surface area (Å²) in [6, 6.07) is 0. The lowest BCUT2D eigenvalue weighted by molar-refractivity contribution is -0.116. The molecule has 0 amide bonds. The summed E-state index contributed by atoms with van der Waals surface area (Å²) in [7, 11) is 0. The molecule has 0 N–H and O–H groups in total. The summed E-state index contributed by atoms with van der Waals surface area (Å²) in [5.74, 6) is 0.391. The second-order valence-corrected chi connectivity index (χ2v) is 9.74. The van der Waals surface area contributed by atoms with E-state index in [9.17, 15) is 4.79 Å². The minimum Gasteiger partial charge on any atom is -0.295 e. The molecule has 2 heteroatoms. The van der Waals surface area contributed by atoms with Crippen LogP contribution in [0.25, 0.3) is 0 Å². The van der Waals surface area contributed by atoms with Gasteiger partial charge in [0.1, 0.15) is 0 Å². The number of hydrogen-bond donors (Lipinski definition) is 0. The molecule has 0 aromatic carbocycles. The molecule has 0 saturated heterocycles. The average Bonchev–Trinajstić information content (AvgIpc) is 2.61. The number of Topliss-reactive ketones (excluding diaryl/α,β-unsaturated/α-hetero) is 1. The van der Waals surface area contributed by atoms with Gasteiger partial charge in [-0.2, -0.15) is 0 Å². The number of hydrogen-bond acceptors (Lipinski definition) is 1. The Balaban J connectivity index is 1.96. The van der Waals surface area contributed by atoms with Gasteiger partial charge in [-0.15, -0.1) is 0 Å². The lowest BCUT2D eigenvalue weighted by Crippen LogP contribution is -2.25. The summed E-state index contributed by atoms with van der Waals surface area (Å²) < 4.78 is 0. The maximum Gasteiger partial charge on any atom is 0.158 e. The monoisotopic (exact) mass is 426 g/mol. The van der Waals surface area contributed by atoms with E-state index in [1.807, 2.05) is 0 Å². The number of ketones is 1. The summed E-state index contributed by atoms with van der Waals surface area (Å²) in [6.45, 7) is 6.69. The first-order chi connectivity index (χ1) is 12.5. The lowest BCUT2D eigenvalue weighted by atomic mass is 9.70. The van der Waals surface area contributed by atoms with Crippen LogP contribution in [-0.2, 0) is 4.79 Å². The molecule has 0 aromatic rings. The maximum atomic E-state index is 12.0. The fraction of sp³-hybridized carbons (Fsp3) is 0.875. The quantitative estimate of drug-likeness (QED) is 0.189. The van der Waals surface area contributed by atoms with Crippen molar-refractivity contribution in [1.29, 1.82) is 0 Å². The van der Waals surface area contributed by atoms with E-state index in [2.05, 4.69) is 36.7 Å². The fourth-order valence-corrected chi connectivity index (χ4v) is 4.70. The molecule has 0 aromatic heterocycles. The third kappa shape index (κ3) is 9.72. The summed E-state index contributed by atoms with van der Waals surface area (Å²) in [5.41, 5.74) is 2.77. The third-order valence-corrected chi connectivity index (χ3v) is 6.79. The van der Waals surface area contributed by atoms with E-state index >= 15 is 0 Å². The molecule has 0 heterocycles. The number of carbonyl (C=O) groups is 1. The zero-order valence-electron chi connectivity index (χ0n) is 17.8. The van der Waals surface area contributed by atoms with Gasteiger partial charge in [0.25, 0.3) is 0 Å². The molecular formula is C24H43BrO. The molecule has 0 saturated carbocycles. The topological polar surface area (TPSA) is 17.1 Å². The molecule has 0 spiro atoms. The number of halogens is 1. The van der Waals surface area contributed by atoms with Crippen molar-refractivity contribution in [2.45, 2.75) is 124 Å². The van der Waals surface area contributed by atoms with Crippen LogP contribution in [0.1, 0.15) is 124 Å². The Hall–Kier alpha value is -0.110. The molecule has 26 heavy (non-hydrogen) atoms. The normalized spacial score (nSPS) is 17.2. The van der Waals surface area contributed by atoms with Gasteiger partial charge in [-0.25, -0.2) is 0 Å². The number of unbranched alkanes of at least 4 members (excludes halogenated alkanes) is 12. The highest BCUT2D eigenvalue weighted by Crippen LogP contribution is 2.41. The van der Waals surface area contributed by atoms with Crippen molar-refractivity contribution in [3.63, 3.8) is 0 Å². The highest BCUT2D eigenvalue weighted by molar-refractivity contribution is 9.09. The molecule has 1 rings (SSSR count). The highest BCUT2D eigenvalue weighted by atomic mass is 79.9. The number of alkyl halides is 1. The van der Waals surface area contributed by atoms with E-state index in [0.717, 1.165) is 24.8 Å². The van der Waals surface area contributed by atoms with Gasteiger partial charge >= 0.3 is 0 Å². The Morgan fingerprint density at radius 3 is 1.65 bits per heavy atom. The molecule has 1 aliphatic carbocycles. The van der Waals surface area contributed by atoms with Crippen LogP contribution >= 0.6 is 15.9 Å². The zero-order chi connectivity index (χ0) is 19.3. The molecule has 1 nitrogen and oxygen atoms in total. The Morgan fingerprint density at radius 1 is 0.769 bits per heavy atom. The van der Waals surface area contributed by atoms with Gasteiger partial charge in [-0.1, -0.05) is 106 Å². The number of allylic oxidation sites excluding steroid dienone is 2. The third-order valence-electron chi connectivity index (χ3n) is 6.23. The Labute approximate surface area is 171 Å². The van der Waals surface area contributed by atoms with Crippen LogP contribution in [0.2, 0.25) is 0 Å². The van der Waals surface area contributed by atoms with Crippen LogP contribution in [-0.4, -0.2) is 11.1 Å². The molecule has 1 aliphatic rings. The first-order valence-corrected chi connectivity index (χ1v) is 12.4. The van der Waals surface area contributed by atoms with Crippen LogP contribution < -0.4 is 0 Å². The molecule has 0 radical (unpaired) electrons. The van der Waals surface area contributed by atoms with Crippen molar-refractivity contribution in [3.8, 4) is 0 Å². The summed E-state index contributed by atoms with van der Waals surface area (Å²) in [6.07, 6.45) is 21.0. The van der Waals surface area contributed by atoms with Crippen molar-refractivity contribution in [2.24, 2.45) is 5.41 Å². The van der Waals surface area contributed by atoms with E-state index in [0.29, 0.717) is 5.78 Å². The van der Waals surface area contributed by atoms with E-state index in [1.165, 1.54) is 94.4 Å². The van der Waals surface area contributed by atoms with Crippen molar-refractivity contribution in [3.05, 3.63) is 11.1 Å². The maximum absolute atomic E-state index is 12.0. The van der Waals surface area contributed by atoms with Gasteiger partial charge in [0.15, 0.2) is 5.78 Å². The molecule has 0 unspecified atom stereocenters. The first-order valence-electron chi connectivity index (χ1n) is 11.3. The molecule has 0 fully saturated rings. The van der Waals surface area contributed by atoms with E-state index < -0.39 is 0 Å². The van der Waals surface area contributed by atoms with Gasteiger partial charge in [0.2, 0.25) is 0 Å². The van der Waals surface area contributed by atoms with E-state index in [1.54, 1.807) is 0 Å². The fourth-order valence-electron chi connectivity index (χ4n) is 4.31. The summed E-state index contributed by atoms with van der Waals surface area (Å²) in [4.78, 5) is 12.0. The number of rotatable bonds is 15. The van der Waals surface area contributed by atoms with Gasteiger partial charge in [0, 0.05) is 11.8 Å². The zero-order valence-corrected chi connectivity index (χ0v) is 19.4. The van der Waals surface area contributed by atoms with E-state index in [-0.39, 0.29) is 5.41 Å². The largest absolute Gasteiger partial charge is 0.295 e. The Kier molecular flexibility index (Phi) is 12.9. The predicted molar refractivity (Wildman–Crippen MR) is 119 cm³/mol. The molecule has 152 valence electrons. The Morgan fingerprint density at radius 2 is 1.19 bits per heavy atom. The highest BCUT2D eigenvalue weighted by Gasteiger charge is 2.31. The van der Waals surface area contributed by atoms with Crippen molar-refractivity contribution in [2.75, 3.05) is 5.33 Å². The van der Waals surface area contributed by atoms with Gasteiger partial charge in [-0.05, 0) is 43.6 Å². The summed E-state index contributed by atoms with van der Waals surface area (Å²) in [5, 5.41) is 1.17. The van der Waals surface area contributed by atoms with Gasteiger partial charge < -0.3 is 0 Å². The van der Waals surface area contributed by atoms with Gasteiger partial charge in [0.05, 0.1) is 0 Å². The SMILES string of the molecule is CC1=C(CCCCCCCCCCCCCCCBr)C(C)(C)CCC1=O. The lowest BCUT2D eigenvalue weighted by Gasteiger charge is -2.34. The minimum absolute atomic E-state index is 0.242. The standard InChI is InChI=1S/C24H43BrO/c1-21-22(24(2,3)19-18-23(21)26)17-15-13-11-9-7-5-4-6-8-10-12-14-16-20-25/h4-20H2,1-3H3. The van der Waals surface area contributed by atoms with Crippen LogP contribution in [0.3, 0.4) is 0 Å². The van der Waals surface area contributed by atoms with Crippen LogP contribution in [0.5, 0.6) is 0 Å². The minimum atomic E-state index is 0.242. The second kappa shape index (κ2) is 14.0. The van der Waals surface area contributed by atoms with Crippen molar-refractivity contribution < 1.29 is 4.79 Å². The summed E-state index contributed by atoms with van der Waals surface area (Å²) >= 11 is 3.50. The van der Waals surface area contributed by atoms with Crippen LogP contribution in [0.15, 0.2) is 11.1 Å². The molecule has 0 atom stereocenters. The van der Waals surface area contributed by atoms with Crippen LogP contribution in [0, 0.1) is 5.41 Å². The van der Waals surface area contributed by atoms with Crippen LogP contribution in [0.4, 0.5) is 0 Å². The van der Waals surface area contributed by atoms with Crippen molar-refractivity contribution >= 4 is 21.7 Å². The van der Waals surface area contributed by atoms with Gasteiger partial charge in [-0.3, -0.25) is 4.79 Å². The first kappa shape index (κ1) is 23.9. The second-order valence-electron chi connectivity index (χ2n) is 8.95. The molecule has 0 bridgehead atoms. The number of carbonyl (C=O) groups excluding carboxylic acids is 1. The average molecular weight is 428 g/mol. The molecule has 0 aliphatic heterocycles. The molecular weight excluding hydrogens is 384 g/mol. The van der Waals surface area contributed by atoms with E-state index in [4.69, 9.17) is 0 Å².